The lowest BCUT2D eigenvalue weighted by atomic mass is 10.1. The molecule has 1 saturated heterocycles. The van der Waals surface area contributed by atoms with E-state index < -0.39 is 30.4 Å². The molecule has 4 atom stereocenters. The van der Waals surface area contributed by atoms with E-state index in [0.717, 1.165) is 0 Å². The second-order valence-electron chi connectivity index (χ2n) is 4.58. The van der Waals surface area contributed by atoms with Gasteiger partial charge in [-0.25, -0.2) is 4.79 Å². The van der Waals surface area contributed by atoms with Crippen LogP contribution < -0.4 is 0 Å². The van der Waals surface area contributed by atoms with Crippen LogP contribution >= 0.6 is 0 Å². The van der Waals surface area contributed by atoms with Gasteiger partial charge in [0.2, 0.25) is 0 Å². The molecule has 112 valence electrons. The molecule has 4 unspecified atom stereocenters. The Morgan fingerprint density at radius 1 is 1.45 bits per heavy atom. The van der Waals surface area contributed by atoms with Crippen molar-refractivity contribution < 1.29 is 29.3 Å². The summed E-state index contributed by atoms with van der Waals surface area (Å²) < 4.78 is 9.83. The van der Waals surface area contributed by atoms with Crippen LogP contribution in [0.5, 0.6) is 0 Å². The summed E-state index contributed by atoms with van der Waals surface area (Å²) in [5.41, 5.74) is 0. The summed E-state index contributed by atoms with van der Waals surface area (Å²) in [5, 5.41) is 19.5. The fourth-order valence-electron chi connectivity index (χ4n) is 1.72. The first-order valence-electron chi connectivity index (χ1n) is 6.51. The van der Waals surface area contributed by atoms with E-state index in [-0.39, 0.29) is 12.4 Å². The number of cyclic esters (lactones) is 1. The number of esters is 2. The van der Waals surface area contributed by atoms with Crippen molar-refractivity contribution in [3.8, 4) is 0 Å². The van der Waals surface area contributed by atoms with E-state index in [1.807, 2.05) is 0 Å². The fraction of sp³-hybridized carbons (Fsp3) is 0.571. The fourth-order valence-corrected chi connectivity index (χ4v) is 1.72. The van der Waals surface area contributed by atoms with Crippen molar-refractivity contribution in [1.82, 2.24) is 0 Å². The highest BCUT2D eigenvalue weighted by Gasteiger charge is 2.28. The monoisotopic (exact) mass is 284 g/mol. The Bertz CT molecular complexity index is 400. The Hall–Kier alpha value is -1.66. The zero-order valence-electron chi connectivity index (χ0n) is 11.6. The highest BCUT2D eigenvalue weighted by molar-refractivity contribution is 5.81. The molecule has 0 bridgehead atoms. The van der Waals surface area contributed by atoms with Crippen LogP contribution in [0.25, 0.3) is 0 Å². The first-order chi connectivity index (χ1) is 9.43. The van der Waals surface area contributed by atoms with Crippen molar-refractivity contribution in [3.05, 3.63) is 24.3 Å². The van der Waals surface area contributed by atoms with Gasteiger partial charge in [-0.15, -0.1) is 0 Å². The number of aliphatic hydroxyl groups excluding tert-OH is 2. The maximum Gasteiger partial charge on any atom is 0.330 e. The summed E-state index contributed by atoms with van der Waals surface area (Å²) in [6.07, 6.45) is 2.85. The van der Waals surface area contributed by atoms with E-state index >= 15 is 0 Å². The van der Waals surface area contributed by atoms with Gasteiger partial charge < -0.3 is 19.7 Å². The summed E-state index contributed by atoms with van der Waals surface area (Å²) >= 11 is 0. The maximum absolute atomic E-state index is 11.2. The Morgan fingerprint density at radius 3 is 2.70 bits per heavy atom. The summed E-state index contributed by atoms with van der Waals surface area (Å²) in [5.74, 6) is -0.880. The number of hydrogen-bond acceptors (Lipinski definition) is 6. The molecule has 6 nitrogen and oxygen atoms in total. The van der Waals surface area contributed by atoms with Crippen molar-refractivity contribution in [1.29, 1.82) is 0 Å². The Morgan fingerprint density at radius 2 is 2.15 bits per heavy atom. The zero-order valence-corrected chi connectivity index (χ0v) is 11.6. The molecule has 0 spiro atoms. The predicted molar refractivity (Wildman–Crippen MR) is 70.6 cm³/mol. The number of carbonyl (C=O) groups excluding carboxylic acids is 2. The van der Waals surface area contributed by atoms with E-state index in [4.69, 9.17) is 9.47 Å². The lowest BCUT2D eigenvalue weighted by molar-refractivity contribution is -0.146. The molecule has 0 aromatic heterocycles. The van der Waals surface area contributed by atoms with Gasteiger partial charge in [0.05, 0.1) is 0 Å². The molecule has 0 radical (unpaired) electrons. The highest BCUT2D eigenvalue weighted by atomic mass is 16.6. The quantitative estimate of drug-likeness (QED) is 0.418. The van der Waals surface area contributed by atoms with Crippen LogP contribution in [0, 0.1) is 0 Å². The van der Waals surface area contributed by atoms with Gasteiger partial charge in [0, 0.05) is 12.5 Å². The molecule has 1 aliphatic rings. The third-order valence-electron chi connectivity index (χ3n) is 2.89. The third kappa shape index (κ3) is 5.14. The molecule has 0 saturated carbocycles. The van der Waals surface area contributed by atoms with Crippen LogP contribution in [0.3, 0.4) is 0 Å². The molecule has 1 aliphatic heterocycles. The van der Waals surface area contributed by atoms with Crippen molar-refractivity contribution in [2.24, 2.45) is 0 Å². The summed E-state index contributed by atoms with van der Waals surface area (Å²) in [6.45, 7) is 3.22. The second kappa shape index (κ2) is 7.81. The van der Waals surface area contributed by atoms with Crippen LogP contribution in [0.1, 0.15) is 26.7 Å². The number of aliphatic hydroxyl groups is 2. The molecule has 0 aromatic carbocycles. The highest BCUT2D eigenvalue weighted by Crippen LogP contribution is 2.18. The van der Waals surface area contributed by atoms with Gasteiger partial charge in [0.1, 0.15) is 24.4 Å². The van der Waals surface area contributed by atoms with Gasteiger partial charge in [0.15, 0.2) is 0 Å². The minimum absolute atomic E-state index is 0.287. The first kappa shape index (κ1) is 16.4. The molecule has 0 amide bonds. The van der Waals surface area contributed by atoms with Gasteiger partial charge >= 0.3 is 11.9 Å². The summed E-state index contributed by atoms with van der Waals surface area (Å²) in [4.78, 5) is 22.1. The van der Waals surface area contributed by atoms with E-state index in [1.54, 1.807) is 13.8 Å². The van der Waals surface area contributed by atoms with Crippen LogP contribution in [-0.2, 0) is 19.1 Å². The number of rotatable bonds is 6. The largest absolute Gasteiger partial charge is 0.459 e. The molecule has 1 heterocycles. The first-order valence-corrected chi connectivity index (χ1v) is 6.51. The minimum atomic E-state index is -1.05. The van der Waals surface area contributed by atoms with Crippen molar-refractivity contribution in [2.75, 3.05) is 0 Å². The van der Waals surface area contributed by atoms with Crippen molar-refractivity contribution in [3.63, 3.8) is 0 Å². The Labute approximate surface area is 117 Å². The van der Waals surface area contributed by atoms with Crippen LogP contribution in [0.15, 0.2) is 24.3 Å². The lowest BCUT2D eigenvalue weighted by Gasteiger charge is -2.17. The molecule has 0 aliphatic carbocycles. The molecular weight excluding hydrogens is 264 g/mol. The van der Waals surface area contributed by atoms with Crippen LogP contribution in [0.4, 0.5) is 0 Å². The third-order valence-corrected chi connectivity index (χ3v) is 2.89. The van der Waals surface area contributed by atoms with Crippen molar-refractivity contribution >= 4 is 11.9 Å². The molecule has 1 fully saturated rings. The molecular formula is C14H20O6. The average Bonchev–Trinajstić information content (AvgIpc) is 2.82. The van der Waals surface area contributed by atoms with E-state index in [0.29, 0.717) is 6.42 Å². The summed E-state index contributed by atoms with van der Waals surface area (Å²) in [7, 11) is 0. The Balaban J connectivity index is 2.43. The van der Waals surface area contributed by atoms with Gasteiger partial charge in [-0.3, -0.25) is 4.79 Å². The number of ether oxygens (including phenoxy) is 2. The second-order valence-corrected chi connectivity index (χ2v) is 4.58. The molecule has 20 heavy (non-hydrogen) atoms. The van der Waals surface area contributed by atoms with E-state index in [9.17, 15) is 19.8 Å². The molecule has 6 heteroatoms. The molecule has 2 N–H and O–H groups in total. The number of allylic oxidation sites excluding steroid dienone is 1. The number of hydrogen-bond donors (Lipinski definition) is 2. The zero-order chi connectivity index (χ0) is 15.1. The predicted octanol–water partition coefficient (Wildman–Crippen LogP) is 0.478. The van der Waals surface area contributed by atoms with Gasteiger partial charge in [-0.05, 0) is 20.3 Å². The van der Waals surface area contributed by atoms with Gasteiger partial charge in [-0.1, -0.05) is 18.2 Å². The normalized spacial score (nSPS) is 23.8. The smallest absolute Gasteiger partial charge is 0.330 e. The van der Waals surface area contributed by atoms with E-state index in [2.05, 4.69) is 0 Å². The standard InChI is InChI=1S/C14H20O6/c1-3-4-13(17)19-9(2)10(15)5-6-11(16)12-7-8-14(18)20-12/h3-6,9-12,15-16H,7-8H2,1-2H3/b4-3+,6-5+. The molecule has 0 aromatic rings. The number of carbonyl (C=O) groups is 2. The van der Waals surface area contributed by atoms with Gasteiger partial charge in [-0.2, -0.15) is 0 Å². The SMILES string of the molecule is C/C=C/C(=O)OC(C)C(O)/C=C/C(O)C1CCC(=O)O1. The molecule has 1 rings (SSSR count). The maximum atomic E-state index is 11.2. The van der Waals surface area contributed by atoms with Gasteiger partial charge in [0.25, 0.3) is 0 Å². The van der Waals surface area contributed by atoms with Crippen LogP contribution in [-0.4, -0.2) is 46.6 Å². The van der Waals surface area contributed by atoms with Crippen LogP contribution in [0.2, 0.25) is 0 Å². The Kier molecular flexibility index (Phi) is 6.41. The lowest BCUT2D eigenvalue weighted by Crippen LogP contribution is -2.28. The topological polar surface area (TPSA) is 93.1 Å². The average molecular weight is 284 g/mol. The minimum Gasteiger partial charge on any atom is -0.459 e. The van der Waals surface area contributed by atoms with Crippen molar-refractivity contribution in [2.45, 2.75) is 51.1 Å². The summed E-state index contributed by atoms with van der Waals surface area (Å²) in [6, 6.07) is 0. The van der Waals surface area contributed by atoms with E-state index in [1.165, 1.54) is 24.3 Å².